The Morgan fingerprint density at radius 2 is 1.72 bits per heavy atom. The Hall–Kier alpha value is -2.23. The highest BCUT2D eigenvalue weighted by atomic mass is 32.2. The van der Waals surface area contributed by atoms with Gasteiger partial charge in [-0.05, 0) is 24.3 Å². The molecule has 0 saturated heterocycles. The second-order valence-electron chi connectivity index (χ2n) is 5.33. The maximum atomic E-state index is 14.2. The number of ether oxygens (including phenoxy) is 1. The lowest BCUT2D eigenvalue weighted by Gasteiger charge is -2.22. The molecule has 25 heavy (non-hydrogen) atoms. The van der Waals surface area contributed by atoms with Crippen LogP contribution in [0.1, 0.15) is 0 Å². The zero-order valence-electron chi connectivity index (χ0n) is 13.2. The number of halogens is 2. The molecule has 9 heteroatoms. The van der Waals surface area contributed by atoms with Crippen LogP contribution in [0.25, 0.3) is 0 Å². The van der Waals surface area contributed by atoms with Crippen LogP contribution in [-0.4, -0.2) is 34.7 Å². The smallest absolute Gasteiger partial charge is 0.331 e. The highest BCUT2D eigenvalue weighted by Gasteiger charge is 2.42. The molecule has 0 spiro atoms. The van der Waals surface area contributed by atoms with Gasteiger partial charge in [-0.1, -0.05) is 12.1 Å². The topological polar surface area (TPSA) is 75.9 Å². The van der Waals surface area contributed by atoms with Crippen molar-refractivity contribution in [1.82, 2.24) is 0 Å². The van der Waals surface area contributed by atoms with Crippen LogP contribution in [0.4, 0.5) is 25.8 Å². The van der Waals surface area contributed by atoms with Crippen LogP contribution in [0.5, 0.6) is 0 Å². The molecule has 1 heterocycles. The summed E-state index contributed by atoms with van der Waals surface area (Å²) in [5.41, 5.74) is 5.81. The number of fused-ring (bicyclic) bond motifs is 1. The van der Waals surface area contributed by atoms with E-state index in [-0.39, 0.29) is 18.8 Å². The normalized spacial score (nSPS) is 15.5. The SMILES string of the molecule is NCCOCCN1c2ccccc2N(c2ccc(F)cc2F)S1(=O)=O. The fourth-order valence-electron chi connectivity index (χ4n) is 2.66. The fourth-order valence-corrected chi connectivity index (χ4v) is 4.37. The molecule has 134 valence electrons. The highest BCUT2D eigenvalue weighted by Crippen LogP contribution is 2.45. The number of anilines is 3. The molecule has 0 saturated carbocycles. The quantitative estimate of drug-likeness (QED) is 0.792. The van der Waals surface area contributed by atoms with Gasteiger partial charge >= 0.3 is 10.2 Å². The summed E-state index contributed by atoms with van der Waals surface area (Å²) in [6, 6.07) is 9.30. The first-order valence-corrected chi connectivity index (χ1v) is 9.01. The van der Waals surface area contributed by atoms with Crippen molar-refractivity contribution in [3.05, 3.63) is 54.1 Å². The Morgan fingerprint density at radius 3 is 2.40 bits per heavy atom. The minimum Gasteiger partial charge on any atom is -0.378 e. The summed E-state index contributed by atoms with van der Waals surface area (Å²) in [7, 11) is -4.07. The summed E-state index contributed by atoms with van der Waals surface area (Å²) in [4.78, 5) is 0. The monoisotopic (exact) mass is 369 g/mol. The molecule has 0 atom stereocenters. The molecular formula is C16H17F2N3O3S. The summed E-state index contributed by atoms with van der Waals surface area (Å²) in [6.07, 6.45) is 0. The van der Waals surface area contributed by atoms with Crippen molar-refractivity contribution >= 4 is 27.3 Å². The molecule has 0 bridgehead atoms. The van der Waals surface area contributed by atoms with E-state index >= 15 is 0 Å². The Bertz CT molecular complexity index is 877. The van der Waals surface area contributed by atoms with Crippen LogP contribution in [0.3, 0.4) is 0 Å². The average molecular weight is 369 g/mol. The Kier molecular flexibility index (Phi) is 4.89. The third-order valence-corrected chi connectivity index (χ3v) is 5.50. The molecule has 0 aromatic heterocycles. The van der Waals surface area contributed by atoms with E-state index in [1.807, 2.05) is 0 Å². The first-order valence-electron chi connectivity index (χ1n) is 7.61. The van der Waals surface area contributed by atoms with Gasteiger partial charge < -0.3 is 10.5 Å². The molecule has 1 aliphatic rings. The van der Waals surface area contributed by atoms with E-state index in [4.69, 9.17) is 10.5 Å². The van der Waals surface area contributed by atoms with Gasteiger partial charge in [0.15, 0.2) is 5.82 Å². The van der Waals surface area contributed by atoms with Gasteiger partial charge in [-0.2, -0.15) is 8.42 Å². The molecular weight excluding hydrogens is 352 g/mol. The number of nitrogens with zero attached hydrogens (tertiary/aromatic N) is 2. The predicted octanol–water partition coefficient (Wildman–Crippen LogP) is 2.14. The third-order valence-electron chi connectivity index (χ3n) is 3.71. The number of rotatable bonds is 6. The van der Waals surface area contributed by atoms with Gasteiger partial charge in [0, 0.05) is 12.6 Å². The van der Waals surface area contributed by atoms with Crippen molar-refractivity contribution in [3.8, 4) is 0 Å². The van der Waals surface area contributed by atoms with E-state index in [9.17, 15) is 17.2 Å². The Balaban J connectivity index is 2.02. The first-order chi connectivity index (χ1) is 12.0. The van der Waals surface area contributed by atoms with Gasteiger partial charge in [0.2, 0.25) is 0 Å². The van der Waals surface area contributed by atoms with Gasteiger partial charge in [-0.15, -0.1) is 0 Å². The Morgan fingerprint density at radius 1 is 1.00 bits per heavy atom. The molecule has 1 aliphatic heterocycles. The highest BCUT2D eigenvalue weighted by molar-refractivity contribution is 7.95. The summed E-state index contributed by atoms with van der Waals surface area (Å²) >= 11 is 0. The fraction of sp³-hybridized carbons (Fsp3) is 0.250. The number of hydrogen-bond acceptors (Lipinski definition) is 4. The van der Waals surface area contributed by atoms with Gasteiger partial charge in [-0.25, -0.2) is 17.4 Å². The van der Waals surface area contributed by atoms with Crippen molar-refractivity contribution < 1.29 is 21.9 Å². The third kappa shape index (κ3) is 3.17. The standard InChI is InChI=1S/C16H17F2N3O3S/c17-12-5-6-14(13(18)11-12)21-16-4-2-1-3-15(16)20(25(21,22)23)8-10-24-9-7-19/h1-6,11H,7-10,19H2. The molecule has 0 unspecified atom stereocenters. The van der Waals surface area contributed by atoms with E-state index in [1.54, 1.807) is 24.3 Å². The number of nitrogens with two attached hydrogens (primary N) is 1. The van der Waals surface area contributed by atoms with Crippen molar-refractivity contribution in [2.75, 3.05) is 34.9 Å². The summed E-state index contributed by atoms with van der Waals surface area (Å²) < 4.78 is 60.6. The van der Waals surface area contributed by atoms with Crippen molar-refractivity contribution in [2.24, 2.45) is 5.73 Å². The minimum absolute atomic E-state index is 0.0542. The van der Waals surface area contributed by atoms with Crippen LogP contribution >= 0.6 is 0 Å². The van der Waals surface area contributed by atoms with Crippen molar-refractivity contribution in [3.63, 3.8) is 0 Å². The minimum atomic E-state index is -4.07. The second kappa shape index (κ2) is 6.95. The molecule has 6 nitrogen and oxygen atoms in total. The number of para-hydroxylation sites is 2. The van der Waals surface area contributed by atoms with Crippen LogP contribution in [-0.2, 0) is 14.9 Å². The van der Waals surface area contributed by atoms with Gasteiger partial charge in [0.1, 0.15) is 5.82 Å². The number of benzene rings is 2. The molecule has 2 aromatic carbocycles. The maximum Gasteiger partial charge on any atom is 0.331 e. The molecule has 3 rings (SSSR count). The van der Waals surface area contributed by atoms with Crippen LogP contribution < -0.4 is 14.3 Å². The second-order valence-corrected chi connectivity index (χ2v) is 7.03. The molecule has 0 radical (unpaired) electrons. The molecule has 0 fully saturated rings. The number of hydrogen-bond donors (Lipinski definition) is 1. The zero-order chi connectivity index (χ0) is 18.0. The molecule has 0 aliphatic carbocycles. The lowest BCUT2D eigenvalue weighted by molar-refractivity contribution is 0.150. The van der Waals surface area contributed by atoms with Gasteiger partial charge in [-0.3, -0.25) is 0 Å². The summed E-state index contributed by atoms with van der Waals surface area (Å²) in [6.45, 7) is 0.839. The lowest BCUT2D eigenvalue weighted by Crippen LogP contribution is -2.37. The van der Waals surface area contributed by atoms with E-state index in [1.165, 1.54) is 0 Å². The first kappa shape index (κ1) is 17.6. The molecule has 2 aromatic rings. The molecule has 0 amide bonds. The van der Waals surface area contributed by atoms with E-state index < -0.39 is 21.8 Å². The van der Waals surface area contributed by atoms with Gasteiger partial charge in [0.05, 0.1) is 36.8 Å². The molecule has 2 N–H and O–H groups in total. The largest absolute Gasteiger partial charge is 0.378 e. The van der Waals surface area contributed by atoms with E-state index in [0.717, 1.165) is 20.7 Å². The lowest BCUT2D eigenvalue weighted by atomic mass is 10.2. The Labute approximate surface area is 144 Å². The van der Waals surface area contributed by atoms with Crippen molar-refractivity contribution in [2.45, 2.75) is 0 Å². The predicted molar refractivity (Wildman–Crippen MR) is 91.1 cm³/mol. The van der Waals surface area contributed by atoms with Crippen molar-refractivity contribution in [1.29, 1.82) is 0 Å². The maximum absolute atomic E-state index is 14.2. The summed E-state index contributed by atoms with van der Waals surface area (Å²) in [5, 5.41) is 0. The van der Waals surface area contributed by atoms with Crippen LogP contribution in [0, 0.1) is 11.6 Å². The van der Waals surface area contributed by atoms with Crippen LogP contribution in [0.15, 0.2) is 42.5 Å². The summed E-state index contributed by atoms with van der Waals surface area (Å²) in [5.74, 6) is -1.74. The van der Waals surface area contributed by atoms with Gasteiger partial charge in [0.25, 0.3) is 0 Å². The van der Waals surface area contributed by atoms with E-state index in [2.05, 4.69) is 0 Å². The zero-order valence-corrected chi connectivity index (χ0v) is 14.0. The van der Waals surface area contributed by atoms with Crippen LogP contribution in [0.2, 0.25) is 0 Å². The average Bonchev–Trinajstić information content (AvgIpc) is 2.79. The van der Waals surface area contributed by atoms with E-state index in [0.29, 0.717) is 30.6 Å².